The monoisotopic (exact) mass is 434 g/mol. The first-order chi connectivity index (χ1) is 14.6. The average molecular weight is 434 g/mol. The lowest BCUT2D eigenvalue weighted by Crippen LogP contribution is -2.21. The second kappa shape index (κ2) is 8.79. The molecule has 0 N–H and O–H groups in total. The first-order valence-corrected chi connectivity index (χ1v) is 9.50. The van der Waals surface area contributed by atoms with Crippen LogP contribution in [0.3, 0.4) is 0 Å². The molecule has 0 spiro atoms. The Morgan fingerprint density at radius 1 is 0.871 bits per heavy atom. The van der Waals surface area contributed by atoms with Crippen molar-refractivity contribution in [3.05, 3.63) is 66.1 Å². The second-order valence-electron chi connectivity index (χ2n) is 7.16. The molecular weight excluding hydrogens is 412 g/mol. The molecule has 0 aliphatic carbocycles. The fraction of sp³-hybridized carbons (Fsp3) is 0.273. The third-order valence-electron chi connectivity index (χ3n) is 4.49. The number of benzene rings is 2. The minimum atomic E-state index is -4.64. The van der Waals surface area contributed by atoms with Crippen LogP contribution in [-0.4, -0.2) is 30.2 Å². The van der Waals surface area contributed by atoms with Crippen LogP contribution in [0.5, 0.6) is 5.75 Å². The van der Waals surface area contributed by atoms with Crippen molar-refractivity contribution in [2.24, 2.45) is 0 Å². The number of hydrogen-bond acceptors (Lipinski definition) is 5. The van der Waals surface area contributed by atoms with Crippen LogP contribution in [-0.2, 0) is 6.18 Å². The maximum absolute atomic E-state index is 13.7. The van der Waals surface area contributed by atoms with E-state index in [4.69, 9.17) is 4.74 Å². The Balaban J connectivity index is 2.00. The Hall–Kier alpha value is -3.36. The Morgan fingerprint density at radius 2 is 1.42 bits per heavy atom. The third-order valence-corrected chi connectivity index (χ3v) is 4.49. The molecule has 2 aromatic carbocycles. The van der Waals surface area contributed by atoms with E-state index in [1.165, 1.54) is 41.1 Å². The van der Waals surface area contributed by atoms with Crippen LogP contribution in [0.25, 0.3) is 0 Å². The maximum Gasteiger partial charge on any atom is 0.421 e. The van der Waals surface area contributed by atoms with Crippen molar-refractivity contribution in [2.75, 3.05) is 23.9 Å². The summed E-state index contributed by atoms with van der Waals surface area (Å²) in [4.78, 5) is 10.9. The predicted molar refractivity (Wildman–Crippen MR) is 112 cm³/mol. The summed E-state index contributed by atoms with van der Waals surface area (Å²) < 4.78 is 59.7. The van der Waals surface area contributed by atoms with E-state index in [-0.39, 0.29) is 17.9 Å². The van der Waals surface area contributed by atoms with Crippen molar-refractivity contribution < 1.29 is 22.3 Å². The Kier molecular flexibility index (Phi) is 6.33. The molecule has 5 nitrogen and oxygen atoms in total. The smallest absolute Gasteiger partial charge is 0.421 e. The third kappa shape index (κ3) is 5.22. The number of aromatic nitrogens is 2. The van der Waals surface area contributed by atoms with Crippen molar-refractivity contribution in [1.29, 1.82) is 0 Å². The number of ether oxygens (including phenoxy) is 1. The predicted octanol–water partition coefficient (Wildman–Crippen LogP) is 5.96. The van der Waals surface area contributed by atoms with Crippen LogP contribution in [0.1, 0.15) is 19.4 Å². The number of nitrogens with zero attached hydrogens (tertiary/aromatic N) is 4. The molecular formula is C22H22F4N4O. The van der Waals surface area contributed by atoms with Crippen molar-refractivity contribution in [3.8, 4) is 5.75 Å². The minimum absolute atomic E-state index is 0.0215. The molecule has 0 saturated carbocycles. The van der Waals surface area contributed by atoms with Gasteiger partial charge >= 0.3 is 6.18 Å². The number of anilines is 4. The molecule has 0 fully saturated rings. The molecule has 3 aromatic rings. The van der Waals surface area contributed by atoms with Gasteiger partial charge in [-0.15, -0.1) is 0 Å². The summed E-state index contributed by atoms with van der Waals surface area (Å²) in [5.41, 5.74) is 0.0643. The summed E-state index contributed by atoms with van der Waals surface area (Å²) in [6.07, 6.45) is -3.91. The van der Waals surface area contributed by atoms with Gasteiger partial charge in [0.2, 0.25) is 5.95 Å². The molecule has 0 aliphatic rings. The fourth-order valence-electron chi connectivity index (χ4n) is 2.90. The molecule has 1 aromatic heterocycles. The first kappa shape index (κ1) is 22.3. The van der Waals surface area contributed by atoms with Gasteiger partial charge in [0, 0.05) is 31.7 Å². The highest BCUT2D eigenvalue weighted by atomic mass is 19.4. The van der Waals surface area contributed by atoms with Crippen molar-refractivity contribution >= 4 is 23.1 Å². The molecule has 0 bridgehead atoms. The van der Waals surface area contributed by atoms with E-state index in [1.54, 1.807) is 31.3 Å². The standard InChI is InChI=1S/C22H22F4N4O/c1-14(2)31-18-11-9-16(10-12-18)29(3)20-19(22(24,25)26)13-27-21(28-20)30(4)17-7-5-15(23)6-8-17/h5-14H,1-4H3. The van der Waals surface area contributed by atoms with Gasteiger partial charge in [-0.25, -0.2) is 9.37 Å². The largest absolute Gasteiger partial charge is 0.491 e. The van der Waals surface area contributed by atoms with Crippen LogP contribution in [0, 0.1) is 5.82 Å². The topological polar surface area (TPSA) is 41.5 Å². The van der Waals surface area contributed by atoms with E-state index in [2.05, 4.69) is 9.97 Å². The highest BCUT2D eigenvalue weighted by Gasteiger charge is 2.37. The Morgan fingerprint density at radius 3 is 1.97 bits per heavy atom. The zero-order valence-electron chi connectivity index (χ0n) is 17.5. The molecule has 3 rings (SSSR count). The van der Waals surface area contributed by atoms with Crippen LogP contribution in [0.2, 0.25) is 0 Å². The number of rotatable bonds is 6. The van der Waals surface area contributed by atoms with Crippen LogP contribution in [0.4, 0.5) is 40.7 Å². The van der Waals surface area contributed by atoms with E-state index in [1.807, 2.05) is 13.8 Å². The van der Waals surface area contributed by atoms with Crippen LogP contribution in [0.15, 0.2) is 54.7 Å². The lowest BCUT2D eigenvalue weighted by atomic mass is 10.2. The molecule has 31 heavy (non-hydrogen) atoms. The Labute approximate surface area is 177 Å². The zero-order chi connectivity index (χ0) is 22.8. The van der Waals surface area contributed by atoms with Crippen LogP contribution >= 0.6 is 0 Å². The highest BCUT2D eigenvalue weighted by Crippen LogP contribution is 2.38. The zero-order valence-corrected chi connectivity index (χ0v) is 17.5. The number of hydrogen-bond donors (Lipinski definition) is 0. The summed E-state index contributed by atoms with van der Waals surface area (Å²) >= 11 is 0. The second-order valence-corrected chi connectivity index (χ2v) is 7.16. The van der Waals surface area contributed by atoms with E-state index in [9.17, 15) is 17.6 Å². The van der Waals surface area contributed by atoms with E-state index >= 15 is 0 Å². The van der Waals surface area contributed by atoms with Crippen molar-refractivity contribution in [2.45, 2.75) is 26.1 Å². The SMILES string of the molecule is CC(C)Oc1ccc(N(C)c2nc(N(C)c3ccc(F)cc3)ncc2C(F)(F)F)cc1. The van der Waals surface area contributed by atoms with E-state index < -0.39 is 17.6 Å². The molecule has 0 unspecified atom stereocenters. The highest BCUT2D eigenvalue weighted by molar-refractivity contribution is 5.66. The fourth-order valence-corrected chi connectivity index (χ4v) is 2.90. The average Bonchev–Trinajstić information content (AvgIpc) is 2.72. The van der Waals surface area contributed by atoms with E-state index in [0.29, 0.717) is 17.1 Å². The number of alkyl halides is 3. The lowest BCUT2D eigenvalue weighted by Gasteiger charge is -2.25. The van der Waals surface area contributed by atoms with Gasteiger partial charge in [0.1, 0.15) is 17.1 Å². The molecule has 0 aliphatic heterocycles. The maximum atomic E-state index is 13.7. The van der Waals surface area contributed by atoms with Gasteiger partial charge in [-0.05, 0) is 62.4 Å². The van der Waals surface area contributed by atoms with Gasteiger partial charge in [0.25, 0.3) is 0 Å². The molecule has 0 radical (unpaired) electrons. The van der Waals surface area contributed by atoms with Gasteiger partial charge in [-0.3, -0.25) is 0 Å². The minimum Gasteiger partial charge on any atom is -0.491 e. The Bertz CT molecular complexity index is 1020. The van der Waals surface area contributed by atoms with Crippen LogP contribution < -0.4 is 14.5 Å². The molecule has 9 heteroatoms. The van der Waals surface area contributed by atoms with Crippen molar-refractivity contribution in [3.63, 3.8) is 0 Å². The molecule has 0 atom stereocenters. The molecule has 0 amide bonds. The summed E-state index contributed by atoms with van der Waals surface area (Å²) in [7, 11) is 3.09. The van der Waals surface area contributed by atoms with Gasteiger partial charge in [0.15, 0.2) is 5.82 Å². The quantitative estimate of drug-likeness (QED) is 0.448. The summed E-state index contributed by atoms with van der Waals surface area (Å²) in [5, 5.41) is 0. The summed E-state index contributed by atoms with van der Waals surface area (Å²) in [6, 6.07) is 12.2. The molecule has 0 saturated heterocycles. The van der Waals surface area contributed by atoms with Gasteiger partial charge < -0.3 is 14.5 Å². The van der Waals surface area contributed by atoms with Gasteiger partial charge in [-0.2, -0.15) is 18.2 Å². The molecule has 1 heterocycles. The van der Waals surface area contributed by atoms with Gasteiger partial charge in [-0.1, -0.05) is 0 Å². The summed E-state index contributed by atoms with van der Waals surface area (Å²) in [6.45, 7) is 3.77. The normalized spacial score (nSPS) is 11.5. The number of halogens is 4. The lowest BCUT2D eigenvalue weighted by molar-refractivity contribution is -0.137. The van der Waals surface area contributed by atoms with Gasteiger partial charge in [0.05, 0.1) is 6.10 Å². The first-order valence-electron chi connectivity index (χ1n) is 9.50. The molecule has 164 valence electrons. The van der Waals surface area contributed by atoms with Crippen molar-refractivity contribution in [1.82, 2.24) is 9.97 Å². The summed E-state index contributed by atoms with van der Waals surface area (Å²) in [5.74, 6) is -0.0661. The van der Waals surface area contributed by atoms with E-state index in [0.717, 1.165) is 6.20 Å².